The maximum atomic E-state index is 12.4. The highest BCUT2D eigenvalue weighted by Gasteiger charge is 2.33. The Hall–Kier alpha value is -3.35. The van der Waals surface area contributed by atoms with Crippen molar-refractivity contribution in [3.05, 3.63) is 95.6 Å². The molecular weight excluding hydrogens is 418 g/mol. The largest absolute Gasteiger partial charge is 0.486 e. The van der Waals surface area contributed by atoms with Crippen LogP contribution in [0.2, 0.25) is 0 Å². The van der Waals surface area contributed by atoms with Gasteiger partial charge < -0.3 is 19.3 Å². The van der Waals surface area contributed by atoms with E-state index < -0.39 is 18.1 Å². The summed E-state index contributed by atoms with van der Waals surface area (Å²) in [6.07, 6.45) is -0.873. The van der Waals surface area contributed by atoms with Crippen LogP contribution in [0.5, 0.6) is 11.5 Å². The molecule has 0 radical (unpaired) electrons. The Bertz CT molecular complexity index is 999. The molecule has 172 valence electrons. The number of hydrogen-bond acceptors (Lipinski definition) is 6. The van der Waals surface area contributed by atoms with Gasteiger partial charge in [0.05, 0.1) is 13.2 Å². The minimum absolute atomic E-state index is 0.437. The Morgan fingerprint density at radius 3 is 2.03 bits per heavy atom. The number of methoxy groups -OCH3 is 1. The number of carbonyl (C=O) groups excluding carboxylic acids is 1. The Labute approximate surface area is 194 Å². The van der Waals surface area contributed by atoms with E-state index in [4.69, 9.17) is 14.2 Å². The highest BCUT2D eigenvalue weighted by molar-refractivity contribution is 5.75. The summed E-state index contributed by atoms with van der Waals surface area (Å²) in [6.45, 7) is 2.16. The maximum Gasteiger partial charge on any atom is 0.336 e. The Balaban J connectivity index is 1.66. The quantitative estimate of drug-likeness (QED) is 0.506. The third-order valence-corrected chi connectivity index (χ3v) is 5.78. The molecule has 1 aliphatic heterocycles. The van der Waals surface area contributed by atoms with Gasteiger partial charge in [-0.1, -0.05) is 66.7 Å². The zero-order valence-corrected chi connectivity index (χ0v) is 18.7. The molecule has 0 fully saturated rings. The molecule has 1 N–H and O–H groups in total. The number of nitrogens with zero attached hydrogens (tertiary/aromatic N) is 1. The lowest BCUT2D eigenvalue weighted by atomic mass is 9.97. The van der Waals surface area contributed by atoms with Crippen LogP contribution in [0, 0.1) is 0 Å². The second kappa shape index (κ2) is 11.0. The number of ether oxygens (including phenoxy) is 3. The van der Waals surface area contributed by atoms with E-state index in [1.54, 1.807) is 0 Å². The zero-order valence-electron chi connectivity index (χ0n) is 18.7. The average Bonchev–Trinajstić information content (AvgIpc) is 2.87. The molecule has 3 aromatic carbocycles. The molecule has 1 aliphatic rings. The number of esters is 1. The lowest BCUT2D eigenvalue weighted by Crippen LogP contribution is -2.48. The van der Waals surface area contributed by atoms with Crippen LogP contribution in [0.4, 0.5) is 0 Å². The van der Waals surface area contributed by atoms with Crippen molar-refractivity contribution in [1.82, 2.24) is 4.90 Å². The summed E-state index contributed by atoms with van der Waals surface area (Å²) in [5.74, 6) is 0.742. The van der Waals surface area contributed by atoms with Gasteiger partial charge in [-0.15, -0.1) is 0 Å². The smallest absolute Gasteiger partial charge is 0.336 e. The molecule has 2 atom stereocenters. The van der Waals surface area contributed by atoms with Gasteiger partial charge in [-0.3, -0.25) is 4.90 Å². The molecule has 6 nitrogen and oxygen atoms in total. The van der Waals surface area contributed by atoms with Crippen LogP contribution in [0.1, 0.15) is 16.7 Å². The predicted octanol–water partition coefficient (Wildman–Crippen LogP) is 3.61. The summed E-state index contributed by atoms with van der Waals surface area (Å²) in [4.78, 5) is 14.6. The molecule has 2 unspecified atom stereocenters. The lowest BCUT2D eigenvalue weighted by molar-refractivity contribution is -0.154. The number of aliphatic hydroxyl groups is 1. The summed E-state index contributed by atoms with van der Waals surface area (Å²) in [7, 11) is 1.30. The van der Waals surface area contributed by atoms with Gasteiger partial charge in [0.15, 0.2) is 17.6 Å². The highest BCUT2D eigenvalue weighted by atomic mass is 16.6. The fourth-order valence-electron chi connectivity index (χ4n) is 4.10. The van der Waals surface area contributed by atoms with Gasteiger partial charge >= 0.3 is 5.97 Å². The molecule has 0 amide bonds. The van der Waals surface area contributed by atoms with Gasteiger partial charge in [0.2, 0.25) is 0 Å². The first-order valence-electron chi connectivity index (χ1n) is 11.1. The first kappa shape index (κ1) is 22.8. The molecule has 0 aliphatic carbocycles. The second-order valence-electron chi connectivity index (χ2n) is 8.09. The van der Waals surface area contributed by atoms with Crippen molar-refractivity contribution in [2.24, 2.45) is 0 Å². The highest BCUT2D eigenvalue weighted by Crippen LogP contribution is 2.32. The summed E-state index contributed by atoms with van der Waals surface area (Å²) < 4.78 is 16.3. The molecule has 6 heteroatoms. The summed E-state index contributed by atoms with van der Waals surface area (Å²) >= 11 is 0. The molecule has 3 aromatic rings. The van der Waals surface area contributed by atoms with E-state index in [0.29, 0.717) is 44.2 Å². The predicted molar refractivity (Wildman–Crippen MR) is 125 cm³/mol. The topological polar surface area (TPSA) is 68.2 Å². The molecule has 4 rings (SSSR count). The first-order valence-corrected chi connectivity index (χ1v) is 11.1. The van der Waals surface area contributed by atoms with Crippen molar-refractivity contribution >= 4 is 5.97 Å². The van der Waals surface area contributed by atoms with Crippen LogP contribution in [-0.4, -0.2) is 48.4 Å². The van der Waals surface area contributed by atoms with Crippen LogP contribution in [0.15, 0.2) is 78.9 Å². The van der Waals surface area contributed by atoms with Gasteiger partial charge in [-0.25, -0.2) is 4.79 Å². The van der Waals surface area contributed by atoms with Gasteiger partial charge in [0.1, 0.15) is 13.2 Å². The monoisotopic (exact) mass is 447 g/mol. The molecular formula is C27H29NO5. The van der Waals surface area contributed by atoms with Crippen molar-refractivity contribution in [3.8, 4) is 11.5 Å². The van der Waals surface area contributed by atoms with Crippen LogP contribution in [0.3, 0.4) is 0 Å². The zero-order chi connectivity index (χ0) is 23.0. The Kier molecular flexibility index (Phi) is 7.60. The van der Waals surface area contributed by atoms with Crippen LogP contribution in [0.25, 0.3) is 0 Å². The normalized spacial score (nSPS) is 14.5. The van der Waals surface area contributed by atoms with Crippen molar-refractivity contribution in [2.45, 2.75) is 31.7 Å². The van der Waals surface area contributed by atoms with Crippen molar-refractivity contribution in [1.29, 1.82) is 0 Å². The van der Waals surface area contributed by atoms with Gasteiger partial charge in [0.25, 0.3) is 0 Å². The fraction of sp³-hybridized carbons (Fsp3) is 0.296. The average molecular weight is 448 g/mol. The van der Waals surface area contributed by atoms with Crippen molar-refractivity contribution in [2.75, 3.05) is 20.3 Å². The van der Waals surface area contributed by atoms with Crippen LogP contribution >= 0.6 is 0 Å². The number of aliphatic hydroxyl groups excluding tert-OH is 1. The van der Waals surface area contributed by atoms with E-state index in [1.165, 1.54) is 7.11 Å². The van der Waals surface area contributed by atoms with E-state index in [1.807, 2.05) is 78.9 Å². The fourth-order valence-corrected chi connectivity index (χ4v) is 4.10. The lowest BCUT2D eigenvalue weighted by Gasteiger charge is -2.34. The van der Waals surface area contributed by atoms with E-state index in [-0.39, 0.29) is 0 Å². The molecule has 0 aromatic heterocycles. The first-order chi connectivity index (χ1) is 16.1. The van der Waals surface area contributed by atoms with Crippen molar-refractivity contribution in [3.63, 3.8) is 0 Å². The molecule has 0 saturated carbocycles. The third kappa shape index (κ3) is 5.92. The number of benzene rings is 3. The van der Waals surface area contributed by atoms with E-state index >= 15 is 0 Å². The van der Waals surface area contributed by atoms with Gasteiger partial charge in [-0.2, -0.15) is 0 Å². The molecule has 33 heavy (non-hydrogen) atoms. The van der Waals surface area contributed by atoms with Gasteiger partial charge in [-0.05, 0) is 35.2 Å². The van der Waals surface area contributed by atoms with E-state index in [2.05, 4.69) is 4.90 Å². The van der Waals surface area contributed by atoms with Crippen LogP contribution in [-0.2, 0) is 29.0 Å². The summed E-state index contributed by atoms with van der Waals surface area (Å²) in [6, 6.07) is 25.3. The number of hydrogen-bond donors (Lipinski definition) is 1. The Morgan fingerprint density at radius 1 is 0.879 bits per heavy atom. The summed E-state index contributed by atoms with van der Waals surface area (Å²) in [5.41, 5.74) is 3.13. The van der Waals surface area contributed by atoms with Crippen LogP contribution < -0.4 is 9.47 Å². The standard InChI is InChI=1S/C27H29NO5/c1-31-27(30)26(29)23(16-22-12-13-24-25(17-22)33-15-14-32-24)28(18-20-8-4-2-5-9-20)19-21-10-6-3-7-11-21/h2-13,17,23,26,29H,14-16,18-19H2,1H3. The Morgan fingerprint density at radius 2 is 1.45 bits per heavy atom. The van der Waals surface area contributed by atoms with E-state index in [9.17, 15) is 9.90 Å². The second-order valence-corrected chi connectivity index (χ2v) is 8.09. The third-order valence-electron chi connectivity index (χ3n) is 5.78. The SMILES string of the molecule is COC(=O)C(O)C(Cc1ccc2c(c1)OCCO2)N(Cc1ccccc1)Cc1ccccc1. The van der Waals surface area contributed by atoms with E-state index in [0.717, 1.165) is 16.7 Å². The number of carbonyl (C=O) groups is 1. The molecule has 0 spiro atoms. The number of fused-ring (bicyclic) bond motifs is 1. The molecule has 1 heterocycles. The molecule has 0 bridgehead atoms. The number of rotatable bonds is 9. The summed E-state index contributed by atoms with van der Waals surface area (Å²) in [5, 5.41) is 11.0. The maximum absolute atomic E-state index is 12.4. The minimum Gasteiger partial charge on any atom is -0.486 e. The minimum atomic E-state index is -1.31. The van der Waals surface area contributed by atoms with Crippen molar-refractivity contribution < 1.29 is 24.1 Å². The van der Waals surface area contributed by atoms with Gasteiger partial charge in [0, 0.05) is 13.1 Å². The molecule has 0 saturated heterocycles.